The minimum absolute atomic E-state index is 0.0548. The van der Waals surface area contributed by atoms with Crippen molar-refractivity contribution in [3.8, 4) is 0 Å². The second-order valence-corrected chi connectivity index (χ2v) is 8.92. The number of rotatable bonds is 4. The van der Waals surface area contributed by atoms with Gasteiger partial charge in [-0.2, -0.15) is 0 Å². The zero-order valence-electron chi connectivity index (χ0n) is 15.9. The lowest BCUT2D eigenvalue weighted by molar-refractivity contribution is -0.131. The van der Waals surface area contributed by atoms with Crippen LogP contribution in [0.3, 0.4) is 0 Å². The quantitative estimate of drug-likeness (QED) is 0.703. The zero-order valence-corrected chi connectivity index (χ0v) is 17.5. The van der Waals surface area contributed by atoms with Gasteiger partial charge < -0.3 is 10.0 Å². The molecule has 0 spiro atoms. The maximum atomic E-state index is 11.9. The average molecular weight is 413 g/mol. The number of carbonyl (C=O) groups is 1. The van der Waals surface area contributed by atoms with Gasteiger partial charge in [0.25, 0.3) is 0 Å². The van der Waals surface area contributed by atoms with Crippen molar-refractivity contribution in [2.24, 2.45) is 10.9 Å². The molecule has 0 radical (unpaired) electrons. The van der Waals surface area contributed by atoms with Crippen LogP contribution < -0.4 is 0 Å². The van der Waals surface area contributed by atoms with Crippen molar-refractivity contribution < 1.29 is 9.90 Å². The standard InChI is InChI=1S/C22H21ClN2O2S/c1-13(2)17-18(20(26)27)28-21-24-22(3,15-7-5-4-6-8-15)19(25(17)21)14-9-11-16(23)12-10-14/h4-13,19H,1-3H3,(H,26,27). The van der Waals surface area contributed by atoms with Crippen LogP contribution in [0.4, 0.5) is 0 Å². The van der Waals surface area contributed by atoms with Crippen LogP contribution in [0, 0.1) is 5.92 Å². The first-order valence-electron chi connectivity index (χ1n) is 9.18. The molecule has 2 aliphatic rings. The van der Waals surface area contributed by atoms with Gasteiger partial charge >= 0.3 is 5.97 Å². The molecule has 2 heterocycles. The van der Waals surface area contributed by atoms with E-state index in [0.29, 0.717) is 9.93 Å². The molecule has 0 aromatic heterocycles. The van der Waals surface area contributed by atoms with Crippen molar-refractivity contribution in [2.45, 2.75) is 32.4 Å². The summed E-state index contributed by atoms with van der Waals surface area (Å²) in [6.07, 6.45) is 0. The van der Waals surface area contributed by atoms with Crippen molar-refractivity contribution >= 4 is 34.5 Å². The second-order valence-electron chi connectivity index (χ2n) is 7.51. The van der Waals surface area contributed by atoms with Gasteiger partial charge in [0.05, 0.1) is 6.04 Å². The van der Waals surface area contributed by atoms with Crippen molar-refractivity contribution in [2.75, 3.05) is 0 Å². The number of carboxylic acids is 1. The molecule has 2 aromatic rings. The van der Waals surface area contributed by atoms with Crippen LogP contribution in [0.1, 0.15) is 37.9 Å². The van der Waals surface area contributed by atoms with Crippen LogP contribution in [0.2, 0.25) is 5.02 Å². The summed E-state index contributed by atoms with van der Waals surface area (Å²) in [6.45, 7) is 6.17. The van der Waals surface area contributed by atoms with Crippen molar-refractivity contribution in [1.29, 1.82) is 0 Å². The molecule has 6 heteroatoms. The number of fused-ring (bicyclic) bond motifs is 1. The van der Waals surface area contributed by atoms with Gasteiger partial charge in [0.15, 0.2) is 5.17 Å². The minimum Gasteiger partial charge on any atom is -0.477 e. The highest BCUT2D eigenvalue weighted by atomic mass is 35.5. The number of aliphatic carboxylic acids is 1. The third-order valence-corrected chi connectivity index (χ3v) is 6.61. The molecule has 0 aliphatic carbocycles. The first-order chi connectivity index (χ1) is 13.3. The van der Waals surface area contributed by atoms with E-state index in [1.54, 1.807) is 0 Å². The average Bonchev–Trinajstić information content (AvgIpc) is 3.16. The van der Waals surface area contributed by atoms with Gasteiger partial charge in [-0.3, -0.25) is 0 Å². The Morgan fingerprint density at radius 3 is 2.39 bits per heavy atom. The third-order valence-electron chi connectivity index (χ3n) is 5.30. The summed E-state index contributed by atoms with van der Waals surface area (Å²) in [5, 5.41) is 11.2. The molecule has 2 atom stereocenters. The van der Waals surface area contributed by atoms with Crippen LogP contribution in [-0.4, -0.2) is 21.1 Å². The fourth-order valence-corrected chi connectivity index (χ4v) is 5.42. The summed E-state index contributed by atoms with van der Waals surface area (Å²) < 4.78 is 0. The summed E-state index contributed by atoms with van der Waals surface area (Å²) in [7, 11) is 0. The Hall–Kier alpha value is -2.24. The molecule has 2 unspecified atom stereocenters. The molecule has 0 saturated heterocycles. The number of carboxylic acid groups (broad SMARTS) is 1. The number of thioether (sulfide) groups is 1. The Kier molecular flexibility index (Phi) is 4.76. The molecule has 4 nitrogen and oxygen atoms in total. The first-order valence-corrected chi connectivity index (χ1v) is 10.4. The highest BCUT2D eigenvalue weighted by Crippen LogP contribution is 2.55. The SMILES string of the molecule is CC(C)C1=C(C(=O)O)SC2=NC(C)(c3ccccc3)C(c3ccc(Cl)cc3)N21. The molecule has 0 bridgehead atoms. The Balaban J connectivity index is 1.92. The maximum Gasteiger partial charge on any atom is 0.344 e. The van der Waals surface area contributed by atoms with Crippen LogP contribution >= 0.6 is 23.4 Å². The highest BCUT2D eigenvalue weighted by Gasteiger charge is 2.53. The zero-order chi connectivity index (χ0) is 20.1. The number of allylic oxidation sites excluding steroid dienone is 1. The van der Waals surface area contributed by atoms with Crippen LogP contribution in [0.25, 0.3) is 0 Å². The van der Waals surface area contributed by atoms with Crippen LogP contribution in [-0.2, 0) is 10.3 Å². The number of nitrogens with zero attached hydrogens (tertiary/aromatic N) is 2. The Morgan fingerprint density at radius 2 is 1.82 bits per heavy atom. The Labute approximate surface area is 173 Å². The molecule has 0 fully saturated rings. The molecule has 0 saturated carbocycles. The van der Waals surface area contributed by atoms with Gasteiger partial charge in [0, 0.05) is 10.7 Å². The number of amidine groups is 1. The molecule has 0 amide bonds. The minimum atomic E-state index is -0.901. The van der Waals surface area contributed by atoms with E-state index in [1.807, 2.05) is 56.3 Å². The van der Waals surface area contributed by atoms with E-state index >= 15 is 0 Å². The lowest BCUT2D eigenvalue weighted by Gasteiger charge is -2.37. The maximum absolute atomic E-state index is 11.9. The number of hydrogen-bond acceptors (Lipinski definition) is 4. The monoisotopic (exact) mass is 412 g/mol. The van der Waals surface area contributed by atoms with E-state index in [-0.39, 0.29) is 12.0 Å². The molecule has 2 aliphatic heterocycles. The molecule has 4 rings (SSSR count). The predicted octanol–water partition coefficient (Wildman–Crippen LogP) is 5.67. The predicted molar refractivity (Wildman–Crippen MR) is 114 cm³/mol. The van der Waals surface area contributed by atoms with Crippen molar-refractivity contribution in [3.05, 3.63) is 81.3 Å². The van der Waals surface area contributed by atoms with Gasteiger partial charge in [-0.15, -0.1) is 0 Å². The second kappa shape index (κ2) is 6.98. The van der Waals surface area contributed by atoms with E-state index in [2.05, 4.69) is 24.0 Å². The number of benzene rings is 2. The van der Waals surface area contributed by atoms with Crippen molar-refractivity contribution in [3.63, 3.8) is 0 Å². The molecular formula is C22H21ClN2O2S. The fraction of sp³-hybridized carbons (Fsp3) is 0.273. The summed E-state index contributed by atoms with van der Waals surface area (Å²) in [5.41, 5.74) is 2.43. The van der Waals surface area contributed by atoms with E-state index < -0.39 is 11.5 Å². The molecular weight excluding hydrogens is 392 g/mol. The summed E-state index contributed by atoms with van der Waals surface area (Å²) in [4.78, 5) is 19.4. The molecule has 28 heavy (non-hydrogen) atoms. The largest absolute Gasteiger partial charge is 0.477 e. The normalized spacial score (nSPS) is 24.0. The summed E-state index contributed by atoms with van der Waals surface area (Å²) in [5.74, 6) is -0.846. The van der Waals surface area contributed by atoms with Crippen LogP contribution in [0.15, 0.2) is 70.2 Å². The van der Waals surface area contributed by atoms with Gasteiger partial charge in [0.1, 0.15) is 10.4 Å². The smallest absolute Gasteiger partial charge is 0.344 e. The molecule has 144 valence electrons. The van der Waals surface area contributed by atoms with Gasteiger partial charge in [-0.25, -0.2) is 9.79 Å². The van der Waals surface area contributed by atoms with Gasteiger partial charge in [0.2, 0.25) is 0 Å². The van der Waals surface area contributed by atoms with Gasteiger partial charge in [-0.1, -0.05) is 67.9 Å². The lowest BCUT2D eigenvalue weighted by Crippen LogP contribution is -2.36. The first kappa shape index (κ1) is 19.1. The molecule has 2 aromatic carbocycles. The number of halogens is 1. The topological polar surface area (TPSA) is 52.9 Å². The number of hydrogen-bond donors (Lipinski definition) is 1. The van der Waals surface area contributed by atoms with E-state index in [9.17, 15) is 9.90 Å². The van der Waals surface area contributed by atoms with E-state index in [0.717, 1.165) is 22.0 Å². The van der Waals surface area contributed by atoms with Gasteiger partial charge in [-0.05, 0) is 47.9 Å². The van der Waals surface area contributed by atoms with Crippen molar-refractivity contribution in [1.82, 2.24) is 4.90 Å². The summed E-state index contributed by atoms with van der Waals surface area (Å²) >= 11 is 7.38. The third kappa shape index (κ3) is 2.93. The highest BCUT2D eigenvalue weighted by molar-refractivity contribution is 8.18. The van der Waals surface area contributed by atoms with E-state index in [4.69, 9.17) is 16.6 Å². The Bertz CT molecular complexity index is 985. The lowest BCUT2D eigenvalue weighted by atomic mass is 9.81. The number of aliphatic imine (C=N–C) groups is 1. The van der Waals surface area contributed by atoms with E-state index in [1.165, 1.54) is 11.8 Å². The molecule has 1 N–H and O–H groups in total. The Morgan fingerprint density at radius 1 is 1.18 bits per heavy atom. The van der Waals surface area contributed by atoms with Crippen LogP contribution in [0.5, 0.6) is 0 Å². The summed E-state index contributed by atoms with van der Waals surface area (Å²) in [6, 6.07) is 17.8. The fourth-order valence-electron chi connectivity index (χ4n) is 4.05.